The van der Waals surface area contributed by atoms with Crippen molar-refractivity contribution in [3.63, 3.8) is 0 Å². The predicted molar refractivity (Wildman–Crippen MR) is 163 cm³/mol. The monoisotopic (exact) mass is 673 g/mol. The van der Waals surface area contributed by atoms with Crippen molar-refractivity contribution in [3.8, 4) is 35.6 Å². The number of halogens is 5. The standard InChI is InChI=1S/C15H10ClN3.C6H5Br.C3Cl3N3.C2H2.Mg.2H/c16-15-18-13(11-7-3-1-4-8-11)17-14(19-15)12-9-5-2-6-10-12;7-6-4-2-1-3-5-6;4-1-7-2(5)9-3(6)8-1;1-2;;;/h1-10H;1-5H;;1-2H;;;/q;;;;+2;2*-1/i1D,2D,3D,4D,5D,6D,7D,8D,9D,10D;1D,2D,3D,4D,5D;;;;;. The van der Waals surface area contributed by atoms with E-state index in [2.05, 4.69) is 58.7 Å². The van der Waals surface area contributed by atoms with E-state index in [0.717, 1.165) is 0 Å². The molecule has 0 amide bonds. The SMILES string of the molecule is C#C.Clc1nc(Cl)nc(Cl)n1.[2H]c1c([2H])c([2H])c(-c2nc(Cl)nc(-c3c([2H])c([2H])c([2H])c([2H])c3[2H])n2)c([2H])c1[2H].[2H]c1c([2H])c([2H])c(Br)c([2H])c1[2H].[H-].[H-].[Mg+2]. The number of hydrogen-bond donors (Lipinski definition) is 0. The van der Waals surface area contributed by atoms with E-state index < -0.39 is 65.7 Å². The van der Waals surface area contributed by atoms with Crippen LogP contribution in [0.3, 0.4) is 0 Å². The summed E-state index contributed by atoms with van der Waals surface area (Å²) >= 11 is 24.8. The molecule has 0 saturated carbocycles. The Morgan fingerprint density at radius 3 is 1.16 bits per heavy atom. The molecule has 38 heavy (non-hydrogen) atoms. The van der Waals surface area contributed by atoms with Gasteiger partial charge in [-0.05, 0) is 58.5 Å². The number of terminal acetylenes is 1. The van der Waals surface area contributed by atoms with Gasteiger partial charge in [-0.1, -0.05) is 94.5 Å². The minimum Gasteiger partial charge on any atom is -1.00 e. The first-order valence-electron chi connectivity index (χ1n) is 16.5. The fourth-order valence-corrected chi connectivity index (χ4v) is 2.80. The van der Waals surface area contributed by atoms with Crippen molar-refractivity contribution >= 4 is 85.4 Å². The zero-order valence-corrected chi connectivity index (χ0v) is 24.5. The van der Waals surface area contributed by atoms with E-state index in [0.29, 0.717) is 0 Å². The van der Waals surface area contributed by atoms with Gasteiger partial charge >= 0.3 is 23.1 Å². The van der Waals surface area contributed by atoms with E-state index in [1.807, 2.05) is 0 Å². The van der Waals surface area contributed by atoms with Crippen LogP contribution in [-0.4, -0.2) is 53.0 Å². The van der Waals surface area contributed by atoms with Crippen molar-refractivity contribution in [2.75, 3.05) is 0 Å². The summed E-state index contributed by atoms with van der Waals surface area (Å²) in [7, 11) is 0. The van der Waals surface area contributed by atoms with Gasteiger partial charge < -0.3 is 2.85 Å². The molecule has 0 aliphatic heterocycles. The maximum Gasteiger partial charge on any atom is 2.00 e. The van der Waals surface area contributed by atoms with Crippen molar-refractivity contribution < 1.29 is 23.4 Å². The van der Waals surface area contributed by atoms with Crippen LogP contribution < -0.4 is 0 Å². The van der Waals surface area contributed by atoms with Crippen LogP contribution in [0, 0.1) is 12.8 Å². The van der Waals surface area contributed by atoms with E-state index in [1.54, 1.807) is 0 Å². The molecule has 2 aromatic heterocycles. The van der Waals surface area contributed by atoms with Gasteiger partial charge in [-0.25, -0.2) is 4.98 Å². The molecular weight excluding hydrogens is 642 g/mol. The predicted octanol–water partition coefficient (Wildman–Crippen LogP) is 8.23. The van der Waals surface area contributed by atoms with E-state index in [4.69, 9.17) is 67.0 Å². The Hall–Kier alpha value is -2.35. The van der Waals surface area contributed by atoms with E-state index in [9.17, 15) is 0 Å². The van der Waals surface area contributed by atoms with Crippen LogP contribution in [0.5, 0.6) is 0 Å². The van der Waals surface area contributed by atoms with Gasteiger partial charge in [-0.3, -0.25) is 0 Å². The second kappa shape index (κ2) is 18.8. The second-order valence-corrected chi connectivity index (χ2v) is 7.48. The Labute approximate surface area is 289 Å². The van der Waals surface area contributed by atoms with Crippen LogP contribution in [0.15, 0.2) is 95.1 Å². The average molecular weight is 677 g/mol. The molecule has 0 bridgehead atoms. The molecule has 0 aliphatic carbocycles. The van der Waals surface area contributed by atoms with Gasteiger partial charge in [0, 0.05) is 15.6 Å². The smallest absolute Gasteiger partial charge is 1.00 e. The minimum absolute atomic E-state index is 0. The van der Waals surface area contributed by atoms with E-state index in [1.165, 1.54) is 0 Å². The van der Waals surface area contributed by atoms with Gasteiger partial charge in [-0.15, -0.1) is 12.8 Å². The normalized spacial score (nSPS) is 14.7. The van der Waals surface area contributed by atoms with Crippen LogP contribution >= 0.6 is 62.3 Å². The fraction of sp³-hybridized carbons (Fsp3) is 0. The minimum atomic E-state index is -0.609. The molecule has 0 radical (unpaired) electrons. The molecular formula is C26H19BrCl4MgN6. The van der Waals surface area contributed by atoms with Crippen LogP contribution in [0.2, 0.25) is 21.1 Å². The maximum absolute atomic E-state index is 8.02. The molecule has 0 saturated heterocycles. The van der Waals surface area contributed by atoms with E-state index in [-0.39, 0.29) is 99.2 Å². The van der Waals surface area contributed by atoms with E-state index >= 15 is 0 Å². The quantitative estimate of drug-likeness (QED) is 0.139. The molecule has 6 nitrogen and oxygen atoms in total. The van der Waals surface area contributed by atoms with Crippen molar-refractivity contribution in [1.82, 2.24) is 29.9 Å². The Morgan fingerprint density at radius 2 is 0.816 bits per heavy atom. The topological polar surface area (TPSA) is 77.3 Å². The van der Waals surface area contributed by atoms with Gasteiger partial charge in [0.1, 0.15) is 0 Å². The molecule has 12 heteroatoms. The maximum atomic E-state index is 8.02. The van der Waals surface area contributed by atoms with Crippen molar-refractivity contribution in [2.45, 2.75) is 0 Å². The number of benzene rings is 3. The van der Waals surface area contributed by atoms with Crippen molar-refractivity contribution in [1.29, 1.82) is 0 Å². The first-order valence-corrected chi connectivity index (χ1v) is 11.3. The summed E-state index contributed by atoms with van der Waals surface area (Å²) in [6, 6.07) is -7.37. The second-order valence-electron chi connectivity index (χ2n) is 5.33. The third-order valence-electron chi connectivity index (χ3n) is 3.08. The van der Waals surface area contributed by atoms with Gasteiger partial charge in [-0.2, -0.15) is 24.9 Å². The molecule has 190 valence electrons. The van der Waals surface area contributed by atoms with Crippen LogP contribution in [0.25, 0.3) is 22.8 Å². The molecule has 2 heterocycles. The summed E-state index contributed by atoms with van der Waals surface area (Å²) < 4.78 is 115. The van der Waals surface area contributed by atoms with Crippen LogP contribution in [0.4, 0.5) is 0 Å². The van der Waals surface area contributed by atoms with Gasteiger partial charge in [0.05, 0.1) is 20.6 Å². The number of nitrogens with zero attached hydrogens (tertiary/aromatic N) is 6. The Bertz CT molecular complexity index is 1920. The molecule has 0 fully saturated rings. The third kappa shape index (κ3) is 12.5. The number of aromatic nitrogens is 6. The zero-order chi connectivity index (χ0) is 40.1. The summed E-state index contributed by atoms with van der Waals surface area (Å²) in [6.07, 6.45) is 8.00. The summed E-state index contributed by atoms with van der Waals surface area (Å²) in [4.78, 5) is 22.0. The first-order chi connectivity index (χ1) is 24.1. The zero-order valence-electron chi connectivity index (χ0n) is 35.4. The Morgan fingerprint density at radius 1 is 0.526 bits per heavy atom. The molecule has 0 spiro atoms. The molecule has 3 aromatic carbocycles. The summed E-state index contributed by atoms with van der Waals surface area (Å²) in [5.41, 5.74) is -0.706. The average Bonchev–Trinajstić information content (AvgIpc) is 3.09. The molecule has 5 aromatic rings. The summed E-state index contributed by atoms with van der Waals surface area (Å²) in [6.45, 7) is 0. The van der Waals surface area contributed by atoms with Gasteiger partial charge in [0.15, 0.2) is 11.6 Å². The molecule has 0 aliphatic rings. The Balaban J connectivity index is 0. The van der Waals surface area contributed by atoms with Gasteiger partial charge in [0.25, 0.3) is 0 Å². The molecule has 5 rings (SSSR count). The Kier molecular flexibility index (Phi) is 8.26. The number of rotatable bonds is 2. The fourth-order valence-electron chi connectivity index (χ4n) is 1.84. The first kappa shape index (κ1) is 16.7. The molecule has 0 N–H and O–H groups in total. The van der Waals surface area contributed by atoms with Crippen molar-refractivity contribution in [2.24, 2.45) is 0 Å². The van der Waals surface area contributed by atoms with Crippen LogP contribution in [0.1, 0.15) is 23.4 Å². The number of hydrogen-bond acceptors (Lipinski definition) is 6. The third-order valence-corrected chi connectivity index (χ3v) is 4.15. The van der Waals surface area contributed by atoms with Gasteiger partial charge in [0.2, 0.25) is 21.1 Å². The van der Waals surface area contributed by atoms with Crippen molar-refractivity contribution in [3.05, 3.63) is 116 Å². The summed E-state index contributed by atoms with van der Waals surface area (Å²) in [5, 5.41) is -0.441. The molecule has 0 unspecified atom stereocenters. The largest absolute Gasteiger partial charge is 2.00 e. The summed E-state index contributed by atoms with van der Waals surface area (Å²) in [5.74, 6) is -0.771. The molecule has 0 atom stereocenters. The van der Waals surface area contributed by atoms with Crippen LogP contribution in [-0.2, 0) is 0 Å².